The van der Waals surface area contributed by atoms with E-state index in [9.17, 15) is 0 Å². The lowest BCUT2D eigenvalue weighted by molar-refractivity contribution is 0.407. The molecule has 0 bridgehead atoms. The molecule has 0 aromatic heterocycles. The van der Waals surface area contributed by atoms with Crippen LogP contribution in [0.5, 0.6) is 0 Å². The molecule has 3 unspecified atom stereocenters. The van der Waals surface area contributed by atoms with Gasteiger partial charge in [0, 0.05) is 0 Å². The lowest BCUT2D eigenvalue weighted by Crippen LogP contribution is -2.50. The molecular formula is C15H20O3Si. The minimum absolute atomic E-state index is 0.504. The van der Waals surface area contributed by atoms with E-state index in [1.54, 1.807) is 5.19 Å². The lowest BCUT2D eigenvalue weighted by atomic mass is 10.4. The van der Waals surface area contributed by atoms with Gasteiger partial charge in [-0.1, -0.05) is 35.5 Å². The fourth-order valence-corrected chi connectivity index (χ4v) is 8.69. The summed E-state index contributed by atoms with van der Waals surface area (Å²) in [5.41, 5.74) is 0. The molecule has 0 amide bonds. The van der Waals surface area contributed by atoms with Gasteiger partial charge in [0.15, 0.2) is 0 Å². The third-order valence-corrected chi connectivity index (χ3v) is 9.72. The maximum Gasteiger partial charge on any atom is 0.0945 e. The molecule has 3 heterocycles. The van der Waals surface area contributed by atoms with Gasteiger partial charge in [-0.15, -0.1) is 0 Å². The summed E-state index contributed by atoms with van der Waals surface area (Å²) in [5.74, 6) is 0. The van der Waals surface area contributed by atoms with E-state index in [1.807, 2.05) is 0 Å². The van der Waals surface area contributed by atoms with Crippen molar-refractivity contribution < 1.29 is 14.2 Å². The molecule has 3 saturated heterocycles. The molecular weight excluding hydrogens is 256 g/mol. The van der Waals surface area contributed by atoms with Crippen LogP contribution in [0.3, 0.4) is 0 Å². The highest BCUT2D eigenvalue weighted by atomic mass is 28.3. The molecule has 0 saturated carbocycles. The first kappa shape index (κ1) is 12.1. The normalized spacial score (nSPS) is 34.6. The summed E-state index contributed by atoms with van der Waals surface area (Å²) < 4.78 is 16.6. The predicted octanol–water partition coefficient (Wildman–Crippen LogP) is 1.54. The highest BCUT2D eigenvalue weighted by Gasteiger charge is 2.48. The standard InChI is InChI=1S/C15H20O3Si/c1-2-4-15(5-3-1)19(9-12-6-16-12,10-13-7-17-13)11-14-8-18-14/h1-5,12-14H,6-11H2. The Morgan fingerprint density at radius 2 is 1.21 bits per heavy atom. The van der Waals surface area contributed by atoms with Crippen LogP contribution in [0.4, 0.5) is 0 Å². The molecule has 19 heavy (non-hydrogen) atoms. The molecule has 1 aromatic rings. The van der Waals surface area contributed by atoms with Crippen LogP contribution in [-0.2, 0) is 14.2 Å². The Labute approximate surface area is 114 Å². The Morgan fingerprint density at radius 1 is 0.789 bits per heavy atom. The molecule has 0 N–H and O–H groups in total. The van der Waals surface area contributed by atoms with Crippen molar-refractivity contribution in [1.29, 1.82) is 0 Å². The number of rotatable bonds is 7. The van der Waals surface area contributed by atoms with Crippen molar-refractivity contribution in [3.8, 4) is 0 Å². The van der Waals surface area contributed by atoms with Crippen LogP contribution in [0.1, 0.15) is 0 Å². The summed E-state index contributed by atoms with van der Waals surface area (Å²) in [6, 6.07) is 14.8. The van der Waals surface area contributed by atoms with E-state index in [4.69, 9.17) is 14.2 Å². The molecule has 3 aliphatic heterocycles. The van der Waals surface area contributed by atoms with Crippen molar-refractivity contribution in [2.75, 3.05) is 19.8 Å². The molecule has 4 rings (SSSR count). The third-order valence-electron chi connectivity index (χ3n) is 4.45. The van der Waals surface area contributed by atoms with Gasteiger partial charge in [-0.2, -0.15) is 0 Å². The van der Waals surface area contributed by atoms with E-state index in [-0.39, 0.29) is 0 Å². The van der Waals surface area contributed by atoms with E-state index in [0.717, 1.165) is 19.8 Å². The molecule has 4 heteroatoms. The van der Waals surface area contributed by atoms with Crippen molar-refractivity contribution in [1.82, 2.24) is 0 Å². The Balaban J connectivity index is 1.63. The molecule has 1 aromatic carbocycles. The Hall–Kier alpha value is -0.683. The second-order valence-corrected chi connectivity index (χ2v) is 10.5. The van der Waals surface area contributed by atoms with Crippen molar-refractivity contribution in [2.45, 2.75) is 36.4 Å². The summed E-state index contributed by atoms with van der Waals surface area (Å²) in [5, 5.41) is 1.57. The van der Waals surface area contributed by atoms with Gasteiger partial charge in [0.05, 0.1) is 46.2 Å². The number of ether oxygens (including phenoxy) is 3. The Bertz CT molecular complexity index is 402. The van der Waals surface area contributed by atoms with E-state index in [2.05, 4.69) is 30.3 Å². The fourth-order valence-electron chi connectivity index (χ4n) is 3.26. The van der Waals surface area contributed by atoms with Crippen molar-refractivity contribution in [3.05, 3.63) is 30.3 Å². The quantitative estimate of drug-likeness (QED) is 0.560. The average Bonchev–Trinajstić information content (AvgIpc) is 3.21. The summed E-state index contributed by atoms with van der Waals surface area (Å²) in [4.78, 5) is 0. The Morgan fingerprint density at radius 3 is 1.58 bits per heavy atom. The topological polar surface area (TPSA) is 37.6 Å². The van der Waals surface area contributed by atoms with Crippen LogP contribution in [-0.4, -0.2) is 46.2 Å². The molecule has 3 atom stereocenters. The molecule has 3 nitrogen and oxygen atoms in total. The molecule has 3 fully saturated rings. The number of epoxide rings is 3. The first-order chi connectivity index (χ1) is 9.34. The van der Waals surface area contributed by atoms with Crippen molar-refractivity contribution >= 4 is 13.3 Å². The van der Waals surface area contributed by atoms with Crippen LogP contribution in [0, 0.1) is 0 Å². The second kappa shape index (κ2) is 4.70. The largest absolute Gasteiger partial charge is 0.373 e. The van der Waals surface area contributed by atoms with Crippen LogP contribution in [0.25, 0.3) is 0 Å². The van der Waals surface area contributed by atoms with Gasteiger partial charge in [-0.25, -0.2) is 0 Å². The maximum atomic E-state index is 5.54. The summed E-state index contributed by atoms with van der Waals surface area (Å²) in [6.45, 7) is 2.87. The second-order valence-electron chi connectivity index (χ2n) is 6.12. The minimum Gasteiger partial charge on any atom is -0.373 e. The van der Waals surface area contributed by atoms with Crippen LogP contribution in [0.2, 0.25) is 18.1 Å². The minimum atomic E-state index is -1.55. The van der Waals surface area contributed by atoms with Gasteiger partial charge in [0.1, 0.15) is 0 Å². The fraction of sp³-hybridized carbons (Fsp3) is 0.600. The van der Waals surface area contributed by atoms with Gasteiger partial charge < -0.3 is 14.2 Å². The molecule has 3 aliphatic rings. The SMILES string of the molecule is c1ccc([Si](CC2CO2)(CC2CO2)CC2CO2)cc1. The van der Waals surface area contributed by atoms with E-state index < -0.39 is 8.07 Å². The zero-order valence-corrected chi connectivity index (χ0v) is 12.1. The summed E-state index contributed by atoms with van der Waals surface area (Å²) in [7, 11) is -1.55. The monoisotopic (exact) mass is 276 g/mol. The third kappa shape index (κ3) is 2.92. The van der Waals surface area contributed by atoms with Gasteiger partial charge in [-0.05, 0) is 18.1 Å². The lowest BCUT2D eigenvalue weighted by Gasteiger charge is -2.31. The van der Waals surface area contributed by atoms with Crippen molar-refractivity contribution in [3.63, 3.8) is 0 Å². The van der Waals surface area contributed by atoms with Crippen LogP contribution >= 0.6 is 0 Å². The predicted molar refractivity (Wildman–Crippen MR) is 75.5 cm³/mol. The van der Waals surface area contributed by atoms with Gasteiger partial charge in [0.2, 0.25) is 0 Å². The highest BCUT2D eigenvalue weighted by molar-refractivity contribution is 6.92. The number of hydrogen-bond acceptors (Lipinski definition) is 3. The Kier molecular flexibility index (Phi) is 2.99. The smallest absolute Gasteiger partial charge is 0.0945 e. The average molecular weight is 276 g/mol. The maximum absolute atomic E-state index is 5.54. The van der Waals surface area contributed by atoms with E-state index in [1.165, 1.54) is 18.1 Å². The van der Waals surface area contributed by atoms with Gasteiger partial charge in [0.25, 0.3) is 0 Å². The first-order valence-electron chi connectivity index (χ1n) is 7.24. The molecule has 0 aliphatic carbocycles. The number of benzene rings is 1. The highest BCUT2D eigenvalue weighted by Crippen LogP contribution is 2.37. The molecule has 0 radical (unpaired) electrons. The van der Waals surface area contributed by atoms with Gasteiger partial charge in [-0.3, -0.25) is 0 Å². The van der Waals surface area contributed by atoms with Gasteiger partial charge >= 0.3 is 0 Å². The van der Waals surface area contributed by atoms with Crippen LogP contribution < -0.4 is 5.19 Å². The zero-order valence-electron chi connectivity index (χ0n) is 11.1. The van der Waals surface area contributed by atoms with Crippen molar-refractivity contribution in [2.24, 2.45) is 0 Å². The molecule has 102 valence electrons. The van der Waals surface area contributed by atoms with E-state index >= 15 is 0 Å². The first-order valence-corrected chi connectivity index (χ1v) is 9.87. The number of hydrogen-bond donors (Lipinski definition) is 0. The zero-order chi connectivity index (χ0) is 12.7. The molecule has 0 spiro atoms. The van der Waals surface area contributed by atoms with Crippen LogP contribution in [0.15, 0.2) is 30.3 Å². The van der Waals surface area contributed by atoms with E-state index in [0.29, 0.717) is 18.3 Å². The summed E-state index contributed by atoms with van der Waals surface area (Å²) >= 11 is 0. The summed E-state index contributed by atoms with van der Waals surface area (Å²) in [6.07, 6.45) is 1.51.